The molecule has 0 heterocycles. The molecule has 7 nitrogen and oxygen atoms in total. The molecule has 0 aliphatic rings. The molecule has 0 spiro atoms. The van der Waals surface area contributed by atoms with Gasteiger partial charge in [0.1, 0.15) is 15.9 Å². The van der Waals surface area contributed by atoms with Crippen LogP contribution in [0.15, 0.2) is 214 Å². The zero-order valence-electron chi connectivity index (χ0n) is 44.0. The summed E-state index contributed by atoms with van der Waals surface area (Å²) in [4.78, 5) is 16.3. The second kappa shape index (κ2) is 28.9. The van der Waals surface area contributed by atoms with E-state index in [-0.39, 0.29) is 27.2 Å². The highest BCUT2D eigenvalue weighted by Crippen LogP contribution is 2.33. The molecular weight excluding hydrogens is 933 g/mol. The van der Waals surface area contributed by atoms with Gasteiger partial charge in [0.05, 0.1) is 27.8 Å². The van der Waals surface area contributed by atoms with E-state index in [4.69, 9.17) is 14.6 Å². The number of hydrogen-bond acceptors (Lipinski definition) is 7. The van der Waals surface area contributed by atoms with Crippen molar-refractivity contribution in [2.24, 2.45) is 5.41 Å². The molecule has 1 N–H and O–H groups in total. The normalized spacial score (nSPS) is 12.6. The summed E-state index contributed by atoms with van der Waals surface area (Å²) in [5.74, 6) is 1.10. The van der Waals surface area contributed by atoms with Gasteiger partial charge in [-0.1, -0.05) is 189 Å². The SMILES string of the molecule is CC(C)(C)c1ccc([S+](c2ccccc2)c2ccccc2)cc1.CCC(C)(C)C(=O)OC(Cc1ccccc1)OCc1ccccc1.CCC(C)c1ccc(O)cc1.CCC(C)c1ccc(S(=O)(=O)[O-])cc1. The maximum atomic E-state index is 12.4. The van der Waals surface area contributed by atoms with Crippen LogP contribution in [0.4, 0.5) is 0 Å². The van der Waals surface area contributed by atoms with E-state index in [0.717, 1.165) is 36.0 Å². The lowest BCUT2D eigenvalue weighted by Crippen LogP contribution is -2.32. The average Bonchev–Trinajstić information content (AvgIpc) is 3.39. The fourth-order valence-electron chi connectivity index (χ4n) is 6.98. The minimum absolute atomic E-state index is 0.0497. The number of phenolic OH excluding ortho intramolecular Hbond substituents is 1. The smallest absolute Gasteiger partial charge is 0.313 e. The van der Waals surface area contributed by atoms with Crippen LogP contribution in [0.25, 0.3) is 0 Å². The Labute approximate surface area is 434 Å². The topological polar surface area (TPSA) is 113 Å². The molecular formula is C63H76O7S2. The average molecular weight is 1010 g/mol. The molecule has 72 heavy (non-hydrogen) atoms. The van der Waals surface area contributed by atoms with Crippen LogP contribution in [0.5, 0.6) is 5.75 Å². The first-order valence-electron chi connectivity index (χ1n) is 25.0. The zero-order chi connectivity index (χ0) is 52.7. The predicted molar refractivity (Wildman–Crippen MR) is 295 cm³/mol. The molecule has 0 aromatic heterocycles. The van der Waals surface area contributed by atoms with Gasteiger partial charge in [0, 0.05) is 6.42 Å². The van der Waals surface area contributed by atoms with Crippen molar-refractivity contribution in [3.05, 3.63) is 222 Å². The first kappa shape index (κ1) is 58.6. The summed E-state index contributed by atoms with van der Waals surface area (Å²) in [6.45, 7) is 21.4. The van der Waals surface area contributed by atoms with Gasteiger partial charge in [-0.05, 0) is 139 Å². The van der Waals surface area contributed by atoms with Crippen molar-refractivity contribution in [2.75, 3.05) is 0 Å². The van der Waals surface area contributed by atoms with E-state index >= 15 is 0 Å². The van der Waals surface area contributed by atoms with Crippen molar-refractivity contribution >= 4 is 27.0 Å². The number of aromatic hydroxyl groups is 1. The highest BCUT2D eigenvalue weighted by Gasteiger charge is 2.31. The summed E-state index contributed by atoms with van der Waals surface area (Å²) in [6, 6.07) is 64.1. The predicted octanol–water partition coefficient (Wildman–Crippen LogP) is 15.8. The summed E-state index contributed by atoms with van der Waals surface area (Å²) in [6.07, 6.45) is 2.81. The molecule has 7 aromatic rings. The van der Waals surface area contributed by atoms with E-state index in [0.29, 0.717) is 30.6 Å². The van der Waals surface area contributed by atoms with Crippen molar-refractivity contribution < 1.29 is 32.3 Å². The number of rotatable bonds is 16. The third-order valence-corrected chi connectivity index (χ3v) is 15.6. The van der Waals surface area contributed by atoms with Gasteiger partial charge in [0.2, 0.25) is 6.29 Å². The Morgan fingerprint density at radius 2 is 0.972 bits per heavy atom. The van der Waals surface area contributed by atoms with Crippen LogP contribution >= 0.6 is 0 Å². The Kier molecular flexibility index (Phi) is 23.5. The van der Waals surface area contributed by atoms with E-state index in [1.54, 1.807) is 24.3 Å². The second-order valence-corrected chi connectivity index (χ2v) is 22.9. The number of ether oxygens (including phenoxy) is 2. The van der Waals surface area contributed by atoms with Crippen molar-refractivity contribution in [1.29, 1.82) is 0 Å². The molecule has 9 heteroatoms. The maximum Gasteiger partial charge on any atom is 0.313 e. The van der Waals surface area contributed by atoms with Crippen molar-refractivity contribution in [3.63, 3.8) is 0 Å². The van der Waals surface area contributed by atoms with Gasteiger partial charge in [-0.2, -0.15) is 0 Å². The Bertz CT molecular complexity index is 2670. The Balaban J connectivity index is 0.000000218. The molecule has 7 rings (SSSR count). The largest absolute Gasteiger partial charge is 0.744 e. The van der Waals surface area contributed by atoms with E-state index in [1.807, 2.05) is 93.6 Å². The van der Waals surface area contributed by atoms with Crippen molar-refractivity contribution in [2.45, 2.75) is 145 Å². The molecule has 0 aliphatic heterocycles. The summed E-state index contributed by atoms with van der Waals surface area (Å²) in [7, 11) is -4.35. The van der Waals surface area contributed by atoms with Crippen LogP contribution in [0.1, 0.15) is 128 Å². The molecule has 0 fully saturated rings. The van der Waals surface area contributed by atoms with Crippen LogP contribution in [-0.4, -0.2) is 30.3 Å². The van der Waals surface area contributed by atoms with Crippen LogP contribution in [-0.2, 0) is 53.7 Å². The van der Waals surface area contributed by atoms with Crippen LogP contribution < -0.4 is 0 Å². The van der Waals surface area contributed by atoms with Gasteiger partial charge in [0.15, 0.2) is 14.7 Å². The lowest BCUT2D eigenvalue weighted by atomic mass is 9.87. The third kappa shape index (κ3) is 19.6. The standard InChI is InChI=1S/C22H23S.C21H26O3.C10H14O3S.C10H14O/c1-22(2,3)18-14-16-21(17-15-18)23(19-10-6-4-7-11-19)20-12-8-5-9-13-20;1-4-21(2,3)20(22)24-19(15-17-11-7-5-8-12-17)23-16-18-13-9-6-10-14-18;1-3-8(2)9-4-6-10(7-5-9)14(11,12)13;1-3-8(2)9-4-6-10(11)7-5-9/h4-17H,1-3H3;5-14,19H,4,15-16H2,1-3H3;4-8H,3H2,1-2H3,(H,11,12,13);4-8,11H,3H2,1-2H3/q+1;;;/p-1. The molecule has 7 aromatic carbocycles. The molecule has 0 aliphatic carbocycles. The first-order valence-corrected chi connectivity index (χ1v) is 27.6. The lowest BCUT2D eigenvalue weighted by Gasteiger charge is -2.25. The Morgan fingerprint density at radius 3 is 1.38 bits per heavy atom. The summed E-state index contributed by atoms with van der Waals surface area (Å²) in [5.41, 5.74) is 5.55. The van der Waals surface area contributed by atoms with Gasteiger partial charge in [0.25, 0.3) is 0 Å². The summed E-state index contributed by atoms with van der Waals surface area (Å²) in [5, 5.41) is 9.01. The van der Waals surface area contributed by atoms with Crippen molar-refractivity contribution in [1.82, 2.24) is 0 Å². The number of benzene rings is 7. The van der Waals surface area contributed by atoms with E-state index in [1.165, 1.54) is 37.9 Å². The monoisotopic (exact) mass is 1010 g/mol. The third-order valence-electron chi connectivity index (χ3n) is 12.5. The number of carbonyl (C=O) groups is 1. The van der Waals surface area contributed by atoms with Gasteiger partial charge in [-0.25, -0.2) is 8.42 Å². The molecule has 382 valence electrons. The van der Waals surface area contributed by atoms with Gasteiger partial charge in [-0.3, -0.25) is 4.79 Å². The quantitative estimate of drug-likeness (QED) is 0.0444. The minimum atomic E-state index is -4.30. The minimum Gasteiger partial charge on any atom is -0.744 e. The molecule has 3 unspecified atom stereocenters. The fourth-order valence-corrected chi connectivity index (χ4v) is 9.53. The Hall–Kier alpha value is -5.97. The fraction of sp³-hybridized carbons (Fsp3) is 0.317. The maximum absolute atomic E-state index is 12.4. The van der Waals surface area contributed by atoms with Crippen LogP contribution in [0.3, 0.4) is 0 Å². The summed E-state index contributed by atoms with van der Waals surface area (Å²) < 4.78 is 43.5. The van der Waals surface area contributed by atoms with E-state index < -0.39 is 21.8 Å². The number of esters is 1. The van der Waals surface area contributed by atoms with Gasteiger partial charge in [-0.15, -0.1) is 0 Å². The van der Waals surface area contributed by atoms with Crippen molar-refractivity contribution in [3.8, 4) is 5.75 Å². The number of hydrogen-bond donors (Lipinski definition) is 1. The number of carbonyl (C=O) groups excluding carboxylic acids is 1. The van der Waals surface area contributed by atoms with E-state index in [9.17, 15) is 17.8 Å². The highest BCUT2D eigenvalue weighted by molar-refractivity contribution is 7.97. The summed E-state index contributed by atoms with van der Waals surface area (Å²) >= 11 is 0. The second-order valence-electron chi connectivity index (χ2n) is 19.5. The molecule has 0 bridgehead atoms. The van der Waals surface area contributed by atoms with E-state index in [2.05, 4.69) is 133 Å². The van der Waals surface area contributed by atoms with Gasteiger partial charge < -0.3 is 19.1 Å². The van der Waals surface area contributed by atoms with Crippen LogP contribution in [0.2, 0.25) is 0 Å². The molecule has 0 amide bonds. The van der Waals surface area contributed by atoms with Gasteiger partial charge >= 0.3 is 5.97 Å². The Morgan fingerprint density at radius 1 is 0.569 bits per heavy atom. The molecule has 0 saturated carbocycles. The first-order chi connectivity index (χ1) is 34.2. The van der Waals surface area contributed by atoms with Crippen LogP contribution in [0, 0.1) is 5.41 Å². The molecule has 3 atom stereocenters. The molecule has 0 saturated heterocycles. The zero-order valence-corrected chi connectivity index (χ0v) is 45.6. The number of phenols is 1. The lowest BCUT2D eigenvalue weighted by molar-refractivity contribution is -0.190. The highest BCUT2D eigenvalue weighted by atomic mass is 32.2. The molecule has 0 radical (unpaired) electrons.